The summed E-state index contributed by atoms with van der Waals surface area (Å²) < 4.78 is 7.13. The van der Waals surface area contributed by atoms with Crippen molar-refractivity contribution >= 4 is 32.6 Å². The Morgan fingerprint density at radius 3 is 2.26 bits per heavy atom. The van der Waals surface area contributed by atoms with E-state index in [0.717, 1.165) is 27.8 Å². The fourth-order valence-corrected chi connectivity index (χ4v) is 4.86. The van der Waals surface area contributed by atoms with Gasteiger partial charge in [0.2, 0.25) is 0 Å². The Labute approximate surface area is 203 Å². The molecule has 0 aliphatic heterocycles. The molecule has 0 saturated heterocycles. The molecule has 34 heavy (non-hydrogen) atoms. The average molecular weight is 465 g/mol. The largest absolute Gasteiger partial charge is 0.483 e. The molecule has 4 nitrogen and oxygen atoms in total. The molecule has 1 heterocycles. The van der Waals surface area contributed by atoms with Gasteiger partial charge in [0.1, 0.15) is 5.75 Å². The van der Waals surface area contributed by atoms with Crippen molar-refractivity contribution in [1.82, 2.24) is 4.98 Å². The van der Waals surface area contributed by atoms with Crippen molar-refractivity contribution in [3.05, 3.63) is 115 Å². The first kappa shape index (κ1) is 21.9. The van der Waals surface area contributed by atoms with E-state index in [1.54, 1.807) is 4.90 Å². The smallest absolute Gasteiger partial charge is 0.266 e. The number of carbonyl (C=O) groups is 1. The van der Waals surface area contributed by atoms with Gasteiger partial charge in [-0.15, -0.1) is 0 Å². The number of hydrogen-bond donors (Lipinski definition) is 0. The molecule has 0 aliphatic rings. The average Bonchev–Trinajstić information content (AvgIpc) is 3.33. The Morgan fingerprint density at radius 2 is 1.47 bits per heavy atom. The summed E-state index contributed by atoms with van der Waals surface area (Å²) in [5.41, 5.74) is 4.09. The zero-order valence-electron chi connectivity index (χ0n) is 18.6. The lowest BCUT2D eigenvalue weighted by Gasteiger charge is -2.21. The van der Waals surface area contributed by atoms with E-state index in [2.05, 4.69) is 12.1 Å². The lowest BCUT2D eigenvalue weighted by atomic mass is 10.1. The van der Waals surface area contributed by atoms with Gasteiger partial charge >= 0.3 is 0 Å². The van der Waals surface area contributed by atoms with Crippen LogP contribution in [0.2, 0.25) is 0 Å². The normalized spacial score (nSPS) is 10.8. The highest BCUT2D eigenvalue weighted by atomic mass is 32.1. The van der Waals surface area contributed by atoms with Crippen LogP contribution in [0.1, 0.15) is 5.56 Å². The maximum atomic E-state index is 13.4. The Bertz CT molecular complexity index is 1350. The van der Waals surface area contributed by atoms with Crippen LogP contribution in [0.4, 0.5) is 5.13 Å². The number of hydrogen-bond acceptors (Lipinski definition) is 4. The molecule has 0 atom stereocenters. The van der Waals surface area contributed by atoms with Gasteiger partial charge in [0.05, 0.1) is 10.2 Å². The van der Waals surface area contributed by atoms with Gasteiger partial charge in [-0.05, 0) is 35.7 Å². The van der Waals surface area contributed by atoms with Gasteiger partial charge in [-0.3, -0.25) is 9.69 Å². The van der Waals surface area contributed by atoms with Crippen molar-refractivity contribution in [3.8, 4) is 16.9 Å². The Hall–Kier alpha value is -3.96. The van der Waals surface area contributed by atoms with Crippen molar-refractivity contribution < 1.29 is 9.53 Å². The van der Waals surface area contributed by atoms with E-state index in [-0.39, 0.29) is 12.5 Å². The summed E-state index contributed by atoms with van der Waals surface area (Å²) in [4.78, 5) is 19.9. The van der Waals surface area contributed by atoms with E-state index in [1.165, 1.54) is 16.9 Å². The van der Waals surface area contributed by atoms with Crippen LogP contribution in [-0.4, -0.2) is 24.0 Å². The second kappa shape index (κ2) is 10.3. The minimum Gasteiger partial charge on any atom is -0.483 e. The Morgan fingerprint density at radius 1 is 0.794 bits per heavy atom. The van der Waals surface area contributed by atoms with Gasteiger partial charge in [0, 0.05) is 12.1 Å². The zero-order valence-corrected chi connectivity index (χ0v) is 19.4. The van der Waals surface area contributed by atoms with Gasteiger partial charge in [-0.2, -0.15) is 0 Å². The molecule has 4 aromatic carbocycles. The monoisotopic (exact) mass is 464 g/mol. The lowest BCUT2D eigenvalue weighted by molar-refractivity contribution is -0.120. The summed E-state index contributed by atoms with van der Waals surface area (Å²) in [5, 5.41) is 0.696. The van der Waals surface area contributed by atoms with Crippen LogP contribution in [0, 0.1) is 0 Å². The van der Waals surface area contributed by atoms with Gasteiger partial charge in [0.25, 0.3) is 5.91 Å². The molecule has 0 saturated carbocycles. The lowest BCUT2D eigenvalue weighted by Crippen LogP contribution is -2.36. The number of benzene rings is 4. The summed E-state index contributed by atoms with van der Waals surface area (Å²) in [6.07, 6.45) is 0.739. The van der Waals surface area contributed by atoms with Crippen LogP contribution in [0.15, 0.2) is 109 Å². The number of amides is 1. The third kappa shape index (κ3) is 5.00. The first-order valence-electron chi connectivity index (χ1n) is 11.2. The number of para-hydroxylation sites is 2. The summed E-state index contributed by atoms with van der Waals surface area (Å²) >= 11 is 1.53. The minimum atomic E-state index is -0.113. The van der Waals surface area contributed by atoms with E-state index in [9.17, 15) is 4.79 Å². The number of carbonyl (C=O) groups excluding carboxylic acids is 1. The topological polar surface area (TPSA) is 42.4 Å². The van der Waals surface area contributed by atoms with Crippen molar-refractivity contribution in [3.63, 3.8) is 0 Å². The van der Waals surface area contributed by atoms with Crippen molar-refractivity contribution in [2.75, 3.05) is 18.1 Å². The highest BCUT2D eigenvalue weighted by Gasteiger charge is 2.21. The van der Waals surface area contributed by atoms with E-state index < -0.39 is 0 Å². The molecular weight excluding hydrogens is 440 g/mol. The quantitative estimate of drug-likeness (QED) is 0.259. The van der Waals surface area contributed by atoms with Crippen LogP contribution in [0.25, 0.3) is 21.3 Å². The van der Waals surface area contributed by atoms with Crippen LogP contribution in [-0.2, 0) is 11.2 Å². The molecule has 0 unspecified atom stereocenters. The van der Waals surface area contributed by atoms with Crippen LogP contribution < -0.4 is 9.64 Å². The molecule has 0 fully saturated rings. The first-order chi connectivity index (χ1) is 16.8. The van der Waals surface area contributed by atoms with E-state index >= 15 is 0 Å². The van der Waals surface area contributed by atoms with Crippen molar-refractivity contribution in [2.45, 2.75) is 6.42 Å². The number of rotatable bonds is 8. The number of ether oxygens (including phenoxy) is 1. The predicted molar refractivity (Wildman–Crippen MR) is 139 cm³/mol. The van der Waals surface area contributed by atoms with Crippen LogP contribution in [0.5, 0.6) is 5.75 Å². The second-order valence-corrected chi connectivity index (χ2v) is 8.91. The van der Waals surface area contributed by atoms with Gasteiger partial charge in [-0.25, -0.2) is 4.98 Å². The first-order valence-corrected chi connectivity index (χ1v) is 12.1. The standard InChI is InChI=1S/C29H24N2O2S/c32-28(21-33-26-17-9-7-15-24(26)23-13-5-2-6-14-23)31(20-19-22-11-3-1-4-12-22)29-30-25-16-8-10-18-27(25)34-29/h1-18H,19-21H2. The molecule has 0 spiro atoms. The third-order valence-electron chi connectivity index (χ3n) is 5.60. The molecule has 5 heteroatoms. The number of anilines is 1. The molecule has 0 N–H and O–H groups in total. The number of nitrogens with zero attached hydrogens (tertiary/aromatic N) is 2. The van der Waals surface area contributed by atoms with Gasteiger partial charge in [0.15, 0.2) is 11.7 Å². The van der Waals surface area contributed by atoms with Crippen LogP contribution >= 0.6 is 11.3 Å². The molecule has 5 aromatic rings. The fraction of sp³-hybridized carbons (Fsp3) is 0.103. The molecule has 0 bridgehead atoms. The number of aromatic nitrogens is 1. The molecule has 0 aliphatic carbocycles. The second-order valence-electron chi connectivity index (χ2n) is 7.90. The highest BCUT2D eigenvalue weighted by Crippen LogP contribution is 2.31. The molecule has 0 radical (unpaired) electrons. The van der Waals surface area contributed by atoms with Gasteiger partial charge < -0.3 is 4.74 Å². The van der Waals surface area contributed by atoms with E-state index in [4.69, 9.17) is 9.72 Å². The molecule has 5 rings (SSSR count). The van der Waals surface area contributed by atoms with Crippen LogP contribution in [0.3, 0.4) is 0 Å². The van der Waals surface area contributed by atoms with E-state index in [1.807, 2.05) is 97.1 Å². The van der Waals surface area contributed by atoms with Crippen molar-refractivity contribution in [1.29, 1.82) is 0 Å². The summed E-state index contributed by atoms with van der Waals surface area (Å²) in [7, 11) is 0. The number of thiazole rings is 1. The SMILES string of the molecule is O=C(COc1ccccc1-c1ccccc1)N(CCc1ccccc1)c1nc2ccccc2s1. The van der Waals surface area contributed by atoms with Crippen molar-refractivity contribution in [2.24, 2.45) is 0 Å². The number of fused-ring (bicyclic) bond motifs is 1. The highest BCUT2D eigenvalue weighted by molar-refractivity contribution is 7.22. The molecule has 1 aromatic heterocycles. The minimum absolute atomic E-state index is 0.0610. The maximum Gasteiger partial charge on any atom is 0.266 e. The summed E-state index contributed by atoms with van der Waals surface area (Å²) in [6.45, 7) is 0.473. The predicted octanol–water partition coefficient (Wildman–Crippen LogP) is 6.62. The van der Waals surface area contributed by atoms with E-state index in [0.29, 0.717) is 17.4 Å². The molecule has 168 valence electrons. The zero-order chi connectivity index (χ0) is 23.2. The molecular formula is C29H24N2O2S. The Kier molecular flexibility index (Phi) is 6.64. The fourth-order valence-electron chi connectivity index (χ4n) is 3.85. The third-order valence-corrected chi connectivity index (χ3v) is 6.66. The molecule has 1 amide bonds. The summed E-state index contributed by atoms with van der Waals surface area (Å²) in [6, 6.07) is 36.0. The maximum absolute atomic E-state index is 13.4. The summed E-state index contributed by atoms with van der Waals surface area (Å²) in [5.74, 6) is 0.576. The van der Waals surface area contributed by atoms with Gasteiger partial charge in [-0.1, -0.05) is 102 Å². The Balaban J connectivity index is 1.37.